The number of rotatable bonds is 5. The first-order chi connectivity index (χ1) is 5.84. The summed E-state index contributed by atoms with van der Waals surface area (Å²) in [6.07, 6.45) is 0. The molecule has 10 heteroatoms. The predicted molar refractivity (Wildman–Crippen MR) is 42.7 cm³/mol. The van der Waals surface area contributed by atoms with Gasteiger partial charge in [0.25, 0.3) is 8.38 Å². The Bertz CT molecular complexity index is 226. The molecule has 6 N–H and O–H groups in total. The number of hydrogen-bond donors (Lipinski definition) is 5. The van der Waals surface area contributed by atoms with Crippen LogP contribution in [-0.2, 0) is 14.0 Å². The van der Waals surface area contributed by atoms with Gasteiger partial charge in [-0.1, -0.05) is 0 Å². The van der Waals surface area contributed by atoms with E-state index in [1.807, 2.05) is 0 Å². The van der Waals surface area contributed by atoms with Crippen LogP contribution in [0.3, 0.4) is 0 Å². The summed E-state index contributed by atoms with van der Waals surface area (Å²) in [6.45, 7) is -0.633. The van der Waals surface area contributed by atoms with Crippen molar-refractivity contribution in [3.63, 3.8) is 0 Å². The lowest BCUT2D eigenvalue weighted by atomic mass is 10.5. The molecule has 0 fully saturated rings. The van der Waals surface area contributed by atoms with Crippen LogP contribution in [0, 0.1) is 0 Å². The molecule has 0 aromatic heterocycles. The fourth-order valence-electron chi connectivity index (χ4n) is 0.550. The molecule has 0 rings (SSSR count). The van der Waals surface area contributed by atoms with Crippen molar-refractivity contribution in [2.75, 3.05) is 6.54 Å². The van der Waals surface area contributed by atoms with E-state index in [1.165, 1.54) is 0 Å². The largest absolute Gasteiger partial charge is 0.342 e. The molecule has 0 aliphatic heterocycles. The van der Waals surface area contributed by atoms with Crippen molar-refractivity contribution in [3.8, 4) is 0 Å². The molecular formula is C3H9NO7P2. The van der Waals surface area contributed by atoms with Crippen LogP contribution < -0.4 is 5.73 Å². The molecule has 78 valence electrons. The number of carbonyl (C=O) groups excluding carboxylic acids is 1. The molecule has 0 radical (unpaired) electrons. The Balaban J connectivity index is 4.61. The topological polar surface area (TPSA) is 150 Å². The highest BCUT2D eigenvalue weighted by Crippen LogP contribution is 2.47. The summed E-state index contributed by atoms with van der Waals surface area (Å²) in [4.78, 5) is 36.6. The monoisotopic (exact) mass is 233 g/mol. The Morgan fingerprint density at radius 1 is 1.62 bits per heavy atom. The first kappa shape index (κ1) is 13.1. The van der Waals surface area contributed by atoms with Crippen molar-refractivity contribution < 1.29 is 34.0 Å². The van der Waals surface area contributed by atoms with Crippen LogP contribution in [0.15, 0.2) is 0 Å². The molecule has 13 heavy (non-hydrogen) atoms. The predicted octanol–water partition coefficient (Wildman–Crippen LogP) is -1.19. The third-order valence-electron chi connectivity index (χ3n) is 1.18. The molecule has 0 heterocycles. The molecule has 0 aromatic rings. The van der Waals surface area contributed by atoms with Gasteiger partial charge in [0.05, 0.1) is 0 Å². The van der Waals surface area contributed by atoms with Crippen molar-refractivity contribution in [2.45, 2.75) is 5.66 Å². The van der Waals surface area contributed by atoms with Gasteiger partial charge in [-0.3, -0.25) is 9.36 Å². The summed E-state index contributed by atoms with van der Waals surface area (Å²) >= 11 is 0. The van der Waals surface area contributed by atoms with Crippen molar-refractivity contribution in [1.82, 2.24) is 0 Å². The van der Waals surface area contributed by atoms with Crippen molar-refractivity contribution in [1.29, 1.82) is 0 Å². The van der Waals surface area contributed by atoms with Crippen molar-refractivity contribution in [2.24, 2.45) is 5.73 Å². The molecule has 0 spiro atoms. The zero-order valence-corrected chi connectivity index (χ0v) is 8.06. The molecular weight excluding hydrogens is 224 g/mol. The fraction of sp³-hybridized carbons (Fsp3) is 0.667. The first-order valence-corrected chi connectivity index (χ1v) is 5.83. The fourth-order valence-corrected chi connectivity index (χ4v) is 2.30. The quantitative estimate of drug-likeness (QED) is 0.226. The second kappa shape index (κ2) is 5.09. The Morgan fingerprint density at radius 2 is 2.08 bits per heavy atom. The van der Waals surface area contributed by atoms with E-state index >= 15 is 0 Å². The molecule has 0 aliphatic carbocycles. The van der Waals surface area contributed by atoms with Gasteiger partial charge in [0, 0.05) is 6.54 Å². The van der Waals surface area contributed by atoms with E-state index in [0.717, 1.165) is 0 Å². The zero-order chi connectivity index (χ0) is 10.6. The van der Waals surface area contributed by atoms with Gasteiger partial charge in [0.1, 0.15) is 5.66 Å². The van der Waals surface area contributed by atoms with Gasteiger partial charge >= 0.3 is 7.60 Å². The van der Waals surface area contributed by atoms with Crippen LogP contribution in [0.2, 0.25) is 0 Å². The van der Waals surface area contributed by atoms with Gasteiger partial charge in [-0.15, -0.1) is 0 Å². The van der Waals surface area contributed by atoms with Gasteiger partial charge in [-0.05, 0) is 0 Å². The maximum atomic E-state index is 10.9. The normalized spacial score (nSPS) is 16.7. The Kier molecular flexibility index (Phi) is 5.13. The highest BCUT2D eigenvalue weighted by molar-refractivity contribution is 7.69. The molecule has 0 saturated heterocycles. The molecule has 0 bridgehead atoms. The van der Waals surface area contributed by atoms with Gasteiger partial charge in [0.15, 0.2) is 0 Å². The summed E-state index contributed by atoms with van der Waals surface area (Å²) in [6, 6.07) is 0. The third kappa shape index (κ3) is 3.76. The van der Waals surface area contributed by atoms with Crippen molar-refractivity contribution in [3.05, 3.63) is 0 Å². The Labute approximate surface area is 74.3 Å². The zero-order valence-electron chi connectivity index (χ0n) is 6.27. The lowest BCUT2D eigenvalue weighted by molar-refractivity contribution is -0.142. The Morgan fingerprint density at radius 3 is 2.31 bits per heavy atom. The second-order valence-electron chi connectivity index (χ2n) is 2.03. The average molecular weight is 233 g/mol. The van der Waals surface area contributed by atoms with E-state index in [-0.39, 0.29) is 0 Å². The highest BCUT2D eigenvalue weighted by atomic mass is 31.2. The van der Waals surface area contributed by atoms with Crippen LogP contribution in [0.4, 0.5) is 0 Å². The maximum absolute atomic E-state index is 10.9. The molecule has 0 saturated carbocycles. The molecule has 2 atom stereocenters. The summed E-state index contributed by atoms with van der Waals surface area (Å²) < 4.78 is 13.8. The molecule has 0 amide bonds. The van der Waals surface area contributed by atoms with E-state index in [2.05, 4.69) is 4.67 Å². The SMILES string of the molecule is NCC(C(=O)P(O)OO)P(=O)(O)O. The van der Waals surface area contributed by atoms with Gasteiger partial charge < -0.3 is 20.4 Å². The number of carbonyl (C=O) groups is 1. The number of hydrogen-bond acceptors (Lipinski definition) is 6. The molecule has 0 aliphatic rings. The summed E-state index contributed by atoms with van der Waals surface area (Å²) in [5.41, 5.74) is 1.77. The Hall–Kier alpha value is 0.0900. The van der Waals surface area contributed by atoms with Crippen LogP contribution >= 0.6 is 16.0 Å². The lowest BCUT2D eigenvalue weighted by Gasteiger charge is -2.15. The summed E-state index contributed by atoms with van der Waals surface area (Å²) in [5.74, 6) is 0. The van der Waals surface area contributed by atoms with Gasteiger partial charge in [-0.2, -0.15) is 4.67 Å². The molecule has 8 nitrogen and oxygen atoms in total. The average Bonchev–Trinajstić information content (AvgIpc) is 2.01. The third-order valence-corrected chi connectivity index (χ3v) is 3.48. The smallest absolute Gasteiger partial charge is 0.337 e. The highest BCUT2D eigenvalue weighted by Gasteiger charge is 2.39. The van der Waals surface area contributed by atoms with E-state index < -0.39 is 33.7 Å². The van der Waals surface area contributed by atoms with Crippen LogP contribution in [-0.4, -0.2) is 37.7 Å². The van der Waals surface area contributed by atoms with Gasteiger partial charge in [0.2, 0.25) is 5.52 Å². The number of nitrogens with two attached hydrogens (primary N) is 1. The standard InChI is InChI=1S/C3H9NO7P2/c4-1-2(13(8,9)10)3(5)12(7)11-6/h2,6-7H,1,4H2,(H2,8,9,10). The first-order valence-electron chi connectivity index (χ1n) is 2.94. The van der Waals surface area contributed by atoms with Crippen LogP contribution in [0.5, 0.6) is 0 Å². The summed E-state index contributed by atoms with van der Waals surface area (Å²) in [5, 5.41) is 7.88. The molecule has 2 unspecified atom stereocenters. The van der Waals surface area contributed by atoms with E-state index in [4.69, 9.17) is 25.7 Å². The van der Waals surface area contributed by atoms with E-state index in [9.17, 15) is 9.36 Å². The van der Waals surface area contributed by atoms with Crippen LogP contribution in [0.1, 0.15) is 0 Å². The maximum Gasteiger partial charge on any atom is 0.337 e. The van der Waals surface area contributed by atoms with E-state index in [1.54, 1.807) is 0 Å². The van der Waals surface area contributed by atoms with Crippen LogP contribution in [0.25, 0.3) is 0 Å². The minimum atomic E-state index is -4.71. The van der Waals surface area contributed by atoms with Crippen molar-refractivity contribution >= 4 is 21.5 Å². The van der Waals surface area contributed by atoms with Gasteiger partial charge in [-0.25, -0.2) is 5.26 Å². The molecule has 0 aromatic carbocycles. The summed E-state index contributed by atoms with van der Waals surface area (Å²) in [7, 11) is -7.61. The lowest BCUT2D eigenvalue weighted by Crippen LogP contribution is -2.28. The minimum absolute atomic E-state index is 0.633. The second-order valence-corrected chi connectivity index (χ2v) is 4.98. The minimum Gasteiger partial charge on any atom is -0.342 e. The van der Waals surface area contributed by atoms with E-state index in [0.29, 0.717) is 0 Å².